The van der Waals surface area contributed by atoms with Crippen molar-refractivity contribution in [1.29, 1.82) is 0 Å². The van der Waals surface area contributed by atoms with Crippen LogP contribution in [0.3, 0.4) is 0 Å². The predicted octanol–water partition coefficient (Wildman–Crippen LogP) is 3.74. The highest BCUT2D eigenvalue weighted by Gasteiger charge is 2.32. The van der Waals surface area contributed by atoms with Gasteiger partial charge in [-0.15, -0.1) is 12.4 Å². The Kier molecular flexibility index (Phi) is 19.1. The molecule has 2 saturated heterocycles. The van der Waals surface area contributed by atoms with E-state index in [9.17, 15) is 26.4 Å². The topological polar surface area (TPSA) is 203 Å². The molecule has 0 aromatic heterocycles. The van der Waals surface area contributed by atoms with Crippen LogP contribution in [0.25, 0.3) is 0 Å². The molecule has 6 N–H and O–H groups in total. The van der Waals surface area contributed by atoms with Crippen molar-refractivity contribution in [2.75, 3.05) is 49.2 Å². The number of carbonyl (C=O) groups excluding carboxylic acids is 2. The molecule has 2 amide bonds. The minimum absolute atomic E-state index is 0. The molecule has 5 rings (SSSR count). The lowest BCUT2D eigenvalue weighted by atomic mass is 9.90. The van der Waals surface area contributed by atoms with E-state index >= 15 is 0 Å². The Balaban J connectivity index is 0.000000280. The highest BCUT2D eigenvalue weighted by atomic mass is 35.5. The summed E-state index contributed by atoms with van der Waals surface area (Å²) in [7, 11) is -5.55. The van der Waals surface area contributed by atoms with Gasteiger partial charge >= 0.3 is 12.2 Å². The number of carbonyl (C=O) groups is 2. The fourth-order valence-electron chi connectivity index (χ4n) is 7.45. The highest BCUT2D eigenvalue weighted by Crippen LogP contribution is 2.26. The van der Waals surface area contributed by atoms with E-state index in [1.54, 1.807) is 0 Å². The first-order chi connectivity index (χ1) is 24.1. The van der Waals surface area contributed by atoms with Crippen LogP contribution >= 0.6 is 12.4 Å². The van der Waals surface area contributed by atoms with Crippen molar-refractivity contribution in [2.24, 2.45) is 11.5 Å². The number of ether oxygens (including phenoxy) is 2. The van der Waals surface area contributed by atoms with Crippen molar-refractivity contribution >= 4 is 44.3 Å². The van der Waals surface area contributed by atoms with E-state index in [0.29, 0.717) is 48.8 Å². The predicted molar refractivity (Wildman–Crippen MR) is 213 cm³/mol. The summed E-state index contributed by atoms with van der Waals surface area (Å²) in [6.45, 7) is 13.9. The average Bonchev–Trinajstić information content (AvgIpc) is 3.02. The molecule has 5 fully saturated rings. The Bertz CT molecular complexity index is 1310. The minimum atomic E-state index is -2.81. The van der Waals surface area contributed by atoms with Crippen LogP contribution in [0.2, 0.25) is 0 Å². The Morgan fingerprint density at radius 1 is 0.528 bits per heavy atom. The molecule has 2 heterocycles. The molecule has 0 bridgehead atoms. The Labute approximate surface area is 326 Å². The molecule has 17 heteroatoms. The van der Waals surface area contributed by atoms with Crippen molar-refractivity contribution < 1.29 is 35.9 Å². The van der Waals surface area contributed by atoms with Crippen molar-refractivity contribution in [2.45, 2.75) is 166 Å². The maximum Gasteiger partial charge on any atom is 0.407 e. The van der Waals surface area contributed by atoms with Gasteiger partial charge in [0.2, 0.25) is 0 Å². The van der Waals surface area contributed by atoms with Gasteiger partial charge in [0.25, 0.3) is 0 Å². The third-order valence-electron chi connectivity index (χ3n) is 10.4. The Hall–Kier alpha value is -1.43. The number of sulfone groups is 2. The second-order valence-electron chi connectivity index (χ2n) is 17.4. The van der Waals surface area contributed by atoms with Crippen molar-refractivity contribution in [3.8, 4) is 0 Å². The zero-order valence-electron chi connectivity index (χ0n) is 33.1. The first-order valence-electron chi connectivity index (χ1n) is 19.5. The van der Waals surface area contributed by atoms with Crippen LogP contribution < -0.4 is 22.1 Å². The molecular formula is C36H71ClN6O8S2. The van der Waals surface area contributed by atoms with Crippen LogP contribution in [0.15, 0.2) is 0 Å². The fraction of sp³-hybridized carbons (Fsp3) is 0.944. The van der Waals surface area contributed by atoms with Gasteiger partial charge in [0.15, 0.2) is 19.7 Å². The van der Waals surface area contributed by atoms with Crippen LogP contribution in [-0.4, -0.2) is 135 Å². The largest absolute Gasteiger partial charge is 0.444 e. The molecule has 0 aromatic carbocycles. The number of rotatable bonds is 4. The highest BCUT2D eigenvalue weighted by molar-refractivity contribution is 7.91. The number of nitrogens with two attached hydrogens (primary N) is 2. The normalized spacial score (nSPS) is 30.7. The number of amides is 2. The minimum Gasteiger partial charge on any atom is -0.444 e. The van der Waals surface area contributed by atoms with E-state index in [1.807, 2.05) is 41.5 Å². The SMILES string of the molecule is CC(C)(C)OC(=O)NC1CCC(N)CC1.CC(C)(C)OC(=O)NC1CCC(N2CCS(=O)(=O)CC2)CC1.Cl.NC1CCC(N2CCS(=O)(=O)CC2)CC1. The third-order valence-corrected chi connectivity index (χ3v) is 13.7. The van der Waals surface area contributed by atoms with E-state index in [1.165, 1.54) is 0 Å². The standard InChI is InChI=1S/C15H28N2O4S.C11H22N2O2.C10H20N2O2S.ClH/c1-15(2,3)21-14(18)16-12-4-6-13(7-5-12)17-8-10-22(19,20)11-9-17;1-11(2,3)15-10(14)13-9-6-4-8(12)5-7-9;11-9-1-3-10(4-2-9)12-5-7-15(13,14)8-6-12;/h12-13H,4-11H2,1-3H3,(H,16,18);8-9H,4-7,12H2,1-3H3,(H,13,14);9-10H,1-8,11H2;1H. The number of halogens is 1. The quantitative estimate of drug-likeness (QED) is 0.321. The van der Waals surface area contributed by atoms with E-state index < -0.39 is 30.9 Å². The fourth-order valence-corrected chi connectivity index (χ4v) is 9.91. The van der Waals surface area contributed by atoms with E-state index in [4.69, 9.17) is 20.9 Å². The van der Waals surface area contributed by atoms with E-state index in [2.05, 4.69) is 20.4 Å². The van der Waals surface area contributed by atoms with E-state index in [-0.39, 0.29) is 48.2 Å². The van der Waals surface area contributed by atoms with Crippen LogP contribution in [-0.2, 0) is 29.1 Å². The van der Waals surface area contributed by atoms with Gasteiger partial charge in [-0.25, -0.2) is 26.4 Å². The van der Waals surface area contributed by atoms with Crippen molar-refractivity contribution in [1.82, 2.24) is 20.4 Å². The molecule has 53 heavy (non-hydrogen) atoms. The lowest BCUT2D eigenvalue weighted by Gasteiger charge is -2.38. The van der Waals surface area contributed by atoms with Gasteiger partial charge in [-0.1, -0.05) is 0 Å². The monoisotopic (exact) mass is 814 g/mol. The van der Waals surface area contributed by atoms with Gasteiger partial charge in [0, 0.05) is 62.4 Å². The van der Waals surface area contributed by atoms with Gasteiger partial charge in [0.05, 0.1) is 23.0 Å². The average molecular weight is 816 g/mol. The molecule has 14 nitrogen and oxygen atoms in total. The smallest absolute Gasteiger partial charge is 0.407 e. The number of hydrogen-bond acceptors (Lipinski definition) is 12. The summed E-state index contributed by atoms with van der Waals surface area (Å²) in [5.74, 6) is 1.25. The molecule has 0 radical (unpaired) electrons. The summed E-state index contributed by atoms with van der Waals surface area (Å²) >= 11 is 0. The molecule has 5 aliphatic rings. The number of nitrogens with one attached hydrogen (secondary N) is 2. The maximum atomic E-state index is 11.8. The molecule has 3 aliphatic carbocycles. The number of alkyl carbamates (subject to hydrolysis) is 2. The van der Waals surface area contributed by atoms with Gasteiger partial charge in [0.1, 0.15) is 11.2 Å². The molecule has 0 aromatic rings. The second kappa shape index (κ2) is 21.2. The van der Waals surface area contributed by atoms with Gasteiger partial charge in [-0.2, -0.15) is 0 Å². The first-order valence-corrected chi connectivity index (χ1v) is 23.1. The van der Waals surface area contributed by atoms with Crippen LogP contribution in [0, 0.1) is 0 Å². The lowest BCUT2D eigenvalue weighted by Crippen LogP contribution is -2.49. The maximum absolute atomic E-state index is 11.8. The lowest BCUT2D eigenvalue weighted by molar-refractivity contribution is 0.0471. The molecule has 2 aliphatic heterocycles. The zero-order valence-corrected chi connectivity index (χ0v) is 35.6. The van der Waals surface area contributed by atoms with Crippen molar-refractivity contribution in [3.63, 3.8) is 0 Å². The molecule has 3 saturated carbocycles. The summed E-state index contributed by atoms with van der Waals surface area (Å²) in [6.07, 6.45) is 11.5. The van der Waals surface area contributed by atoms with Crippen LogP contribution in [0.4, 0.5) is 9.59 Å². The van der Waals surface area contributed by atoms with Crippen LogP contribution in [0.5, 0.6) is 0 Å². The summed E-state index contributed by atoms with van der Waals surface area (Å²) in [4.78, 5) is 27.9. The number of nitrogens with zero attached hydrogens (tertiary/aromatic N) is 2. The third kappa shape index (κ3) is 19.3. The molecular weight excluding hydrogens is 744 g/mol. The summed E-state index contributed by atoms with van der Waals surface area (Å²) in [5, 5.41) is 5.82. The first kappa shape index (κ1) is 47.7. The van der Waals surface area contributed by atoms with Crippen molar-refractivity contribution in [3.05, 3.63) is 0 Å². The summed E-state index contributed by atoms with van der Waals surface area (Å²) in [6, 6.07) is 2.11. The number of hydrogen-bond donors (Lipinski definition) is 4. The second-order valence-corrected chi connectivity index (χ2v) is 22.0. The van der Waals surface area contributed by atoms with Gasteiger partial charge in [-0.05, 0) is 119 Å². The summed E-state index contributed by atoms with van der Waals surface area (Å²) in [5.41, 5.74) is 10.7. The molecule has 0 atom stereocenters. The van der Waals surface area contributed by atoms with Gasteiger partial charge in [-0.3, -0.25) is 9.80 Å². The zero-order chi connectivity index (χ0) is 38.7. The van der Waals surface area contributed by atoms with E-state index in [0.717, 1.165) is 90.1 Å². The summed E-state index contributed by atoms with van der Waals surface area (Å²) < 4.78 is 56.0. The Morgan fingerprint density at radius 2 is 0.792 bits per heavy atom. The molecule has 312 valence electrons. The molecule has 0 unspecified atom stereocenters. The molecule has 0 spiro atoms. The van der Waals surface area contributed by atoms with Gasteiger partial charge < -0.3 is 31.6 Å². The Morgan fingerprint density at radius 3 is 1.09 bits per heavy atom. The van der Waals surface area contributed by atoms with Crippen LogP contribution in [0.1, 0.15) is 119 Å².